The minimum Gasteiger partial charge on any atom is -0.396 e. The smallest absolute Gasteiger partial charge is 0.149 e. The van der Waals surface area contributed by atoms with E-state index in [1.165, 1.54) is 25.7 Å². The molecule has 1 aliphatic carbocycles. The molecule has 0 atom stereocenters. The van der Waals surface area contributed by atoms with Crippen molar-refractivity contribution in [1.29, 1.82) is 0 Å². The van der Waals surface area contributed by atoms with E-state index < -0.39 is 0 Å². The number of nitrogens with one attached hydrogen (secondary N) is 1. The molecule has 1 aromatic rings. The van der Waals surface area contributed by atoms with Crippen molar-refractivity contribution in [2.75, 3.05) is 29.9 Å². The van der Waals surface area contributed by atoms with Crippen molar-refractivity contribution in [3.8, 4) is 0 Å². The molecule has 94 valence electrons. The zero-order valence-corrected chi connectivity index (χ0v) is 9.98. The van der Waals surface area contributed by atoms with Crippen LogP contribution in [0.3, 0.4) is 0 Å². The van der Waals surface area contributed by atoms with Gasteiger partial charge in [0.15, 0.2) is 0 Å². The van der Waals surface area contributed by atoms with Gasteiger partial charge in [-0.05, 0) is 25.0 Å². The first-order chi connectivity index (χ1) is 8.25. The molecule has 17 heavy (non-hydrogen) atoms. The summed E-state index contributed by atoms with van der Waals surface area (Å²) in [5, 5.41) is 3.16. The first kappa shape index (κ1) is 12.0. The van der Waals surface area contributed by atoms with Crippen LogP contribution in [0.25, 0.3) is 0 Å². The van der Waals surface area contributed by atoms with Crippen LogP contribution in [-0.2, 0) is 4.74 Å². The second kappa shape index (κ2) is 5.72. The first-order valence-electron chi connectivity index (χ1n) is 6.13. The van der Waals surface area contributed by atoms with Crippen LogP contribution in [0.15, 0.2) is 12.1 Å². The van der Waals surface area contributed by atoms with Gasteiger partial charge in [-0.2, -0.15) is 0 Å². The number of aromatic nitrogens is 1. The monoisotopic (exact) mass is 236 g/mol. The third-order valence-corrected chi connectivity index (χ3v) is 3.02. The van der Waals surface area contributed by atoms with Crippen LogP contribution < -0.4 is 16.8 Å². The van der Waals surface area contributed by atoms with Crippen LogP contribution in [0.1, 0.15) is 25.7 Å². The second-order valence-corrected chi connectivity index (χ2v) is 4.37. The lowest BCUT2D eigenvalue weighted by Gasteiger charge is -2.12. The Balaban J connectivity index is 1.68. The Morgan fingerprint density at radius 2 is 2.06 bits per heavy atom. The van der Waals surface area contributed by atoms with Crippen molar-refractivity contribution >= 4 is 17.3 Å². The zero-order chi connectivity index (χ0) is 12.1. The van der Waals surface area contributed by atoms with Crippen LogP contribution >= 0.6 is 0 Å². The maximum absolute atomic E-state index is 5.73. The quantitative estimate of drug-likeness (QED) is 0.676. The molecule has 5 nitrogen and oxygen atoms in total. The number of ether oxygens (including phenoxy) is 1. The number of nitrogens with two attached hydrogens (primary N) is 2. The molecule has 0 spiro atoms. The Kier molecular flexibility index (Phi) is 4.03. The van der Waals surface area contributed by atoms with Crippen LogP contribution in [0.2, 0.25) is 0 Å². The van der Waals surface area contributed by atoms with Gasteiger partial charge in [0.2, 0.25) is 0 Å². The second-order valence-electron chi connectivity index (χ2n) is 4.37. The number of hydrogen-bond acceptors (Lipinski definition) is 5. The average Bonchev–Trinajstić information content (AvgIpc) is 2.82. The lowest BCUT2D eigenvalue weighted by atomic mass is 10.3. The molecule has 1 fully saturated rings. The van der Waals surface area contributed by atoms with Gasteiger partial charge in [-0.25, -0.2) is 4.98 Å². The van der Waals surface area contributed by atoms with Crippen LogP contribution in [-0.4, -0.2) is 24.2 Å². The van der Waals surface area contributed by atoms with Crippen molar-refractivity contribution in [1.82, 2.24) is 4.98 Å². The fourth-order valence-corrected chi connectivity index (χ4v) is 2.04. The van der Waals surface area contributed by atoms with Crippen molar-refractivity contribution in [2.24, 2.45) is 0 Å². The van der Waals surface area contributed by atoms with E-state index in [2.05, 4.69) is 10.3 Å². The Bertz CT molecular complexity index is 364. The van der Waals surface area contributed by atoms with Crippen molar-refractivity contribution in [3.63, 3.8) is 0 Å². The molecule has 1 saturated carbocycles. The number of nitrogens with zero attached hydrogens (tertiary/aromatic N) is 1. The SMILES string of the molecule is Nc1ccc(NCCOC2CCCC2)nc1N. The van der Waals surface area contributed by atoms with Gasteiger partial charge in [-0.15, -0.1) is 0 Å². The summed E-state index contributed by atoms with van der Waals surface area (Å²) in [5.74, 6) is 1.11. The molecule has 5 N–H and O–H groups in total. The maximum atomic E-state index is 5.73. The number of anilines is 3. The number of nitrogen functional groups attached to an aromatic ring is 2. The van der Waals surface area contributed by atoms with Crippen LogP contribution in [0, 0.1) is 0 Å². The molecule has 0 amide bonds. The van der Waals surface area contributed by atoms with Crippen molar-refractivity contribution in [2.45, 2.75) is 31.8 Å². The summed E-state index contributed by atoms with van der Waals surface area (Å²) in [6.07, 6.45) is 5.46. The number of rotatable bonds is 5. The highest BCUT2D eigenvalue weighted by molar-refractivity contribution is 5.61. The summed E-state index contributed by atoms with van der Waals surface area (Å²) in [6, 6.07) is 3.57. The molecule has 0 unspecified atom stereocenters. The van der Waals surface area contributed by atoms with Crippen LogP contribution in [0.5, 0.6) is 0 Å². The summed E-state index contributed by atoms with van der Waals surface area (Å²) < 4.78 is 5.73. The average molecular weight is 236 g/mol. The molecule has 0 saturated heterocycles. The molecule has 1 aromatic heterocycles. The Labute approximate surface area is 102 Å². The normalized spacial score (nSPS) is 16.2. The molecule has 5 heteroatoms. The molecular formula is C12H20N4O. The molecular weight excluding hydrogens is 216 g/mol. The highest BCUT2D eigenvalue weighted by Gasteiger charge is 2.14. The number of hydrogen-bond donors (Lipinski definition) is 3. The van der Waals surface area contributed by atoms with Gasteiger partial charge < -0.3 is 21.5 Å². The molecule has 0 aromatic carbocycles. The molecule has 0 radical (unpaired) electrons. The number of pyridine rings is 1. The van der Waals surface area contributed by atoms with E-state index in [0.29, 0.717) is 24.2 Å². The molecule has 2 rings (SSSR count). The van der Waals surface area contributed by atoms with Gasteiger partial charge in [0.05, 0.1) is 18.4 Å². The lowest BCUT2D eigenvalue weighted by Crippen LogP contribution is -2.16. The largest absolute Gasteiger partial charge is 0.396 e. The first-order valence-corrected chi connectivity index (χ1v) is 6.13. The minimum atomic E-state index is 0.367. The predicted molar refractivity (Wildman–Crippen MR) is 69.8 cm³/mol. The Morgan fingerprint density at radius 1 is 1.29 bits per heavy atom. The fraction of sp³-hybridized carbons (Fsp3) is 0.583. The highest BCUT2D eigenvalue weighted by atomic mass is 16.5. The maximum Gasteiger partial charge on any atom is 0.149 e. The van der Waals surface area contributed by atoms with Gasteiger partial charge in [-0.3, -0.25) is 0 Å². The minimum absolute atomic E-state index is 0.367. The van der Waals surface area contributed by atoms with E-state index in [9.17, 15) is 0 Å². The van der Waals surface area contributed by atoms with Gasteiger partial charge in [0.25, 0.3) is 0 Å². The third-order valence-electron chi connectivity index (χ3n) is 3.02. The standard InChI is InChI=1S/C12H20N4O/c13-10-5-6-11(16-12(10)14)15-7-8-17-9-3-1-2-4-9/h5-6,9H,1-4,7-8,13H2,(H3,14,15,16). The fourth-order valence-electron chi connectivity index (χ4n) is 2.04. The van der Waals surface area contributed by atoms with Gasteiger partial charge in [-0.1, -0.05) is 12.8 Å². The van der Waals surface area contributed by atoms with E-state index in [0.717, 1.165) is 12.4 Å². The molecule has 0 aliphatic heterocycles. The van der Waals surface area contributed by atoms with E-state index in [1.807, 2.05) is 6.07 Å². The summed E-state index contributed by atoms with van der Waals surface area (Å²) in [4.78, 5) is 4.13. The molecule has 1 heterocycles. The predicted octanol–water partition coefficient (Wildman–Crippen LogP) is 1.62. The zero-order valence-electron chi connectivity index (χ0n) is 9.98. The van der Waals surface area contributed by atoms with E-state index in [-0.39, 0.29) is 0 Å². The summed E-state index contributed by atoms with van der Waals surface area (Å²) in [7, 11) is 0. The molecule has 0 bridgehead atoms. The van der Waals surface area contributed by atoms with Crippen LogP contribution in [0.4, 0.5) is 17.3 Å². The summed E-state index contributed by atoms with van der Waals surface area (Å²) in [5.41, 5.74) is 11.7. The van der Waals surface area contributed by atoms with Gasteiger partial charge in [0.1, 0.15) is 11.6 Å². The lowest BCUT2D eigenvalue weighted by molar-refractivity contribution is 0.0659. The van der Waals surface area contributed by atoms with Crippen molar-refractivity contribution < 1.29 is 4.74 Å². The van der Waals surface area contributed by atoms with Gasteiger partial charge >= 0.3 is 0 Å². The van der Waals surface area contributed by atoms with E-state index >= 15 is 0 Å². The highest BCUT2D eigenvalue weighted by Crippen LogP contribution is 2.20. The molecule has 1 aliphatic rings. The Morgan fingerprint density at radius 3 is 2.76 bits per heavy atom. The summed E-state index contributed by atoms with van der Waals surface area (Å²) >= 11 is 0. The summed E-state index contributed by atoms with van der Waals surface area (Å²) in [6.45, 7) is 1.45. The topological polar surface area (TPSA) is 86.2 Å². The van der Waals surface area contributed by atoms with Crippen molar-refractivity contribution in [3.05, 3.63) is 12.1 Å². The van der Waals surface area contributed by atoms with E-state index in [1.54, 1.807) is 6.07 Å². The van der Waals surface area contributed by atoms with E-state index in [4.69, 9.17) is 16.2 Å². The Hall–Kier alpha value is -1.49. The van der Waals surface area contributed by atoms with Gasteiger partial charge in [0, 0.05) is 6.54 Å². The third kappa shape index (κ3) is 3.49.